The van der Waals surface area contributed by atoms with Crippen LogP contribution in [-0.2, 0) is 6.54 Å². The molecular weight excluding hydrogens is 286 g/mol. The summed E-state index contributed by atoms with van der Waals surface area (Å²) in [6, 6.07) is 11.4. The Morgan fingerprint density at radius 1 is 1.19 bits per heavy atom. The van der Waals surface area contributed by atoms with Gasteiger partial charge in [0.15, 0.2) is 11.5 Å². The van der Waals surface area contributed by atoms with Gasteiger partial charge in [-0.05, 0) is 29.8 Å². The zero-order valence-corrected chi connectivity index (χ0v) is 12.7. The van der Waals surface area contributed by atoms with E-state index in [4.69, 9.17) is 27.5 Å². The summed E-state index contributed by atoms with van der Waals surface area (Å²) in [5.41, 5.74) is 2.69. The number of ether oxygens (including phenoxy) is 2. The predicted octanol–water partition coefficient (Wildman–Crippen LogP) is 3.95. The maximum atomic E-state index is 6.34. The molecule has 0 radical (unpaired) electrons. The molecule has 0 heterocycles. The molecule has 0 fully saturated rings. The summed E-state index contributed by atoms with van der Waals surface area (Å²) in [6.45, 7) is 0.563. The fourth-order valence-corrected chi connectivity index (χ4v) is 2.28. The lowest BCUT2D eigenvalue weighted by Crippen LogP contribution is -2.02. The van der Waals surface area contributed by atoms with Crippen LogP contribution in [0, 0.1) is 12.3 Å². The topological polar surface area (TPSA) is 30.5 Å². The summed E-state index contributed by atoms with van der Waals surface area (Å²) >= 11 is 6.34. The second-order valence-electron chi connectivity index (χ2n) is 4.35. The quantitative estimate of drug-likeness (QED) is 0.848. The van der Waals surface area contributed by atoms with Crippen LogP contribution in [0.25, 0.3) is 0 Å². The molecule has 1 N–H and O–H groups in total. The summed E-state index contributed by atoms with van der Waals surface area (Å²) in [5.74, 6) is 3.76. The molecule has 4 heteroatoms. The first kappa shape index (κ1) is 15.1. The van der Waals surface area contributed by atoms with E-state index >= 15 is 0 Å². The van der Waals surface area contributed by atoms with Gasteiger partial charge in [0.1, 0.15) is 0 Å². The summed E-state index contributed by atoms with van der Waals surface area (Å²) in [7, 11) is 3.15. The van der Waals surface area contributed by atoms with Crippen LogP contribution in [0.4, 0.5) is 5.69 Å². The number of methoxy groups -OCH3 is 2. The van der Waals surface area contributed by atoms with E-state index < -0.39 is 0 Å². The summed E-state index contributed by atoms with van der Waals surface area (Å²) in [5, 5.41) is 3.83. The zero-order chi connectivity index (χ0) is 15.2. The molecule has 3 nitrogen and oxygen atoms in total. The van der Waals surface area contributed by atoms with E-state index in [2.05, 4.69) is 11.2 Å². The van der Waals surface area contributed by atoms with Crippen LogP contribution in [0.1, 0.15) is 11.1 Å². The van der Waals surface area contributed by atoms with Gasteiger partial charge < -0.3 is 14.8 Å². The highest BCUT2D eigenvalue weighted by molar-refractivity contribution is 6.33. The van der Waals surface area contributed by atoms with E-state index in [1.165, 1.54) is 0 Å². The maximum absolute atomic E-state index is 6.34. The first-order chi connectivity index (χ1) is 10.2. The van der Waals surface area contributed by atoms with Gasteiger partial charge in [-0.3, -0.25) is 0 Å². The minimum Gasteiger partial charge on any atom is -0.493 e. The number of halogens is 1. The highest BCUT2D eigenvalue weighted by Crippen LogP contribution is 2.37. The van der Waals surface area contributed by atoms with Crippen LogP contribution >= 0.6 is 11.6 Å². The Kier molecular flexibility index (Phi) is 4.97. The number of rotatable bonds is 5. The van der Waals surface area contributed by atoms with Gasteiger partial charge in [-0.1, -0.05) is 29.7 Å². The van der Waals surface area contributed by atoms with Crippen molar-refractivity contribution in [3.63, 3.8) is 0 Å². The lowest BCUT2D eigenvalue weighted by atomic mass is 10.1. The van der Waals surface area contributed by atoms with Crippen molar-refractivity contribution in [1.29, 1.82) is 0 Å². The van der Waals surface area contributed by atoms with Crippen LogP contribution in [0.3, 0.4) is 0 Å². The normalized spacial score (nSPS) is 9.81. The van der Waals surface area contributed by atoms with E-state index in [9.17, 15) is 0 Å². The number of hydrogen-bond donors (Lipinski definition) is 1. The van der Waals surface area contributed by atoms with Crippen molar-refractivity contribution >= 4 is 17.3 Å². The molecule has 0 saturated carbocycles. The summed E-state index contributed by atoms with van der Waals surface area (Å²) in [6.07, 6.45) is 5.39. The maximum Gasteiger partial charge on any atom is 0.179 e. The van der Waals surface area contributed by atoms with Gasteiger partial charge in [0.2, 0.25) is 0 Å². The molecule has 2 rings (SSSR count). The molecule has 0 aliphatic carbocycles. The first-order valence-electron chi connectivity index (χ1n) is 6.39. The number of anilines is 1. The van der Waals surface area contributed by atoms with E-state index in [1.807, 2.05) is 36.4 Å². The lowest BCUT2D eigenvalue weighted by molar-refractivity contribution is 0.355. The summed E-state index contributed by atoms with van der Waals surface area (Å²) < 4.78 is 10.5. The number of hydrogen-bond acceptors (Lipinski definition) is 3. The minimum atomic E-state index is 0.538. The van der Waals surface area contributed by atoms with Gasteiger partial charge in [-0.15, -0.1) is 6.42 Å². The van der Waals surface area contributed by atoms with E-state index in [-0.39, 0.29) is 0 Å². The average molecular weight is 302 g/mol. The van der Waals surface area contributed by atoms with E-state index in [1.54, 1.807) is 14.2 Å². The number of benzene rings is 2. The van der Waals surface area contributed by atoms with Gasteiger partial charge in [-0.25, -0.2) is 0 Å². The van der Waals surface area contributed by atoms with Crippen LogP contribution in [-0.4, -0.2) is 14.2 Å². The first-order valence-corrected chi connectivity index (χ1v) is 6.77. The lowest BCUT2D eigenvalue weighted by Gasteiger charge is -2.14. The fraction of sp³-hybridized carbons (Fsp3) is 0.176. The molecule has 0 spiro atoms. The minimum absolute atomic E-state index is 0.538. The van der Waals surface area contributed by atoms with Crippen LogP contribution in [0.5, 0.6) is 11.5 Å². The van der Waals surface area contributed by atoms with Gasteiger partial charge in [0, 0.05) is 17.8 Å². The van der Waals surface area contributed by atoms with Gasteiger partial charge >= 0.3 is 0 Å². The molecule has 0 unspecified atom stereocenters. The average Bonchev–Trinajstić information content (AvgIpc) is 2.53. The van der Waals surface area contributed by atoms with E-state index in [0.29, 0.717) is 23.1 Å². The van der Waals surface area contributed by atoms with Crippen LogP contribution in [0.15, 0.2) is 36.4 Å². The molecule has 0 aliphatic heterocycles. The molecule has 0 aliphatic rings. The Bertz CT molecular complexity index is 677. The second-order valence-corrected chi connectivity index (χ2v) is 4.73. The molecule has 2 aromatic carbocycles. The molecule has 0 saturated heterocycles. The van der Waals surface area contributed by atoms with Gasteiger partial charge in [0.05, 0.1) is 19.2 Å². The standard InChI is InChI=1S/C17H16ClNO2/c1-4-12-6-5-7-14(10-12)19-11-13-8-9-15(20-2)17(21-3)16(13)18/h1,5-10,19H,11H2,2-3H3. The van der Waals surface area contributed by atoms with Crippen LogP contribution < -0.4 is 14.8 Å². The van der Waals surface area contributed by atoms with Crippen molar-refractivity contribution in [1.82, 2.24) is 0 Å². The number of nitrogens with one attached hydrogen (secondary N) is 1. The van der Waals surface area contributed by atoms with Gasteiger partial charge in [-0.2, -0.15) is 0 Å². The number of terminal acetylenes is 1. The Hall–Kier alpha value is -2.31. The molecule has 2 aromatic rings. The Morgan fingerprint density at radius 2 is 2.00 bits per heavy atom. The van der Waals surface area contributed by atoms with Crippen molar-refractivity contribution in [3.05, 3.63) is 52.5 Å². The third kappa shape index (κ3) is 3.42. The molecule has 108 valence electrons. The van der Waals surface area contributed by atoms with Gasteiger partial charge in [0.25, 0.3) is 0 Å². The third-order valence-corrected chi connectivity index (χ3v) is 3.49. The monoisotopic (exact) mass is 301 g/mol. The highest BCUT2D eigenvalue weighted by atomic mass is 35.5. The highest BCUT2D eigenvalue weighted by Gasteiger charge is 2.12. The van der Waals surface area contributed by atoms with E-state index in [0.717, 1.165) is 16.8 Å². The molecular formula is C17H16ClNO2. The molecule has 0 aromatic heterocycles. The summed E-state index contributed by atoms with van der Waals surface area (Å²) in [4.78, 5) is 0. The largest absolute Gasteiger partial charge is 0.493 e. The molecule has 0 bridgehead atoms. The predicted molar refractivity (Wildman–Crippen MR) is 86.3 cm³/mol. The Morgan fingerprint density at radius 3 is 2.67 bits per heavy atom. The molecule has 0 amide bonds. The van der Waals surface area contributed by atoms with Crippen molar-refractivity contribution in [2.24, 2.45) is 0 Å². The fourth-order valence-electron chi connectivity index (χ4n) is 1.98. The van der Waals surface area contributed by atoms with Crippen molar-refractivity contribution < 1.29 is 9.47 Å². The molecule has 0 atom stereocenters. The second kappa shape index (κ2) is 6.92. The van der Waals surface area contributed by atoms with Crippen LogP contribution in [0.2, 0.25) is 5.02 Å². The van der Waals surface area contributed by atoms with Crippen molar-refractivity contribution in [2.45, 2.75) is 6.54 Å². The Balaban J connectivity index is 2.18. The van der Waals surface area contributed by atoms with Crippen molar-refractivity contribution in [2.75, 3.05) is 19.5 Å². The van der Waals surface area contributed by atoms with Crippen molar-refractivity contribution in [3.8, 4) is 23.8 Å². The smallest absolute Gasteiger partial charge is 0.179 e. The Labute approximate surface area is 129 Å². The third-order valence-electron chi connectivity index (χ3n) is 3.08. The molecule has 21 heavy (non-hydrogen) atoms. The SMILES string of the molecule is C#Cc1cccc(NCc2ccc(OC)c(OC)c2Cl)c1. The zero-order valence-electron chi connectivity index (χ0n) is 11.9.